The maximum atomic E-state index is 9.79. The van der Waals surface area contributed by atoms with Gasteiger partial charge < -0.3 is 10.8 Å². The van der Waals surface area contributed by atoms with Gasteiger partial charge in [0.2, 0.25) is 0 Å². The van der Waals surface area contributed by atoms with Gasteiger partial charge in [-0.05, 0) is 25.1 Å². The standard InChI is InChI=1S/C11H16N2O/c1-13-6-5-8-3-2-4-10(14)11(8)9(13)7-12/h2-4,9,14H,5-7,12H2,1H3. The van der Waals surface area contributed by atoms with Crippen LogP contribution in [0.25, 0.3) is 0 Å². The van der Waals surface area contributed by atoms with E-state index in [0.717, 1.165) is 18.5 Å². The molecule has 0 radical (unpaired) electrons. The molecule has 1 aromatic rings. The molecule has 3 heteroatoms. The first-order valence-electron chi connectivity index (χ1n) is 4.95. The average molecular weight is 192 g/mol. The first-order valence-corrected chi connectivity index (χ1v) is 4.95. The Labute approximate surface area is 84.1 Å². The van der Waals surface area contributed by atoms with Gasteiger partial charge in [-0.15, -0.1) is 0 Å². The Bertz CT molecular complexity index is 338. The smallest absolute Gasteiger partial charge is 0.120 e. The molecule has 3 N–H and O–H groups in total. The fourth-order valence-electron chi connectivity index (χ4n) is 2.17. The van der Waals surface area contributed by atoms with Crippen molar-refractivity contribution in [1.29, 1.82) is 0 Å². The van der Waals surface area contributed by atoms with Gasteiger partial charge >= 0.3 is 0 Å². The summed E-state index contributed by atoms with van der Waals surface area (Å²) in [7, 11) is 2.05. The van der Waals surface area contributed by atoms with Gasteiger partial charge in [-0.1, -0.05) is 12.1 Å². The van der Waals surface area contributed by atoms with Crippen LogP contribution in [0.2, 0.25) is 0 Å². The van der Waals surface area contributed by atoms with Gasteiger partial charge in [0, 0.05) is 18.7 Å². The third-order valence-corrected chi connectivity index (χ3v) is 3.00. The van der Waals surface area contributed by atoms with Crippen LogP contribution in [0.1, 0.15) is 17.2 Å². The molecule has 1 aliphatic heterocycles. The van der Waals surface area contributed by atoms with Gasteiger partial charge in [0.1, 0.15) is 5.75 Å². The van der Waals surface area contributed by atoms with Crippen molar-refractivity contribution in [3.63, 3.8) is 0 Å². The van der Waals surface area contributed by atoms with Crippen LogP contribution in [-0.4, -0.2) is 30.1 Å². The molecule has 1 aliphatic rings. The Hall–Kier alpha value is -1.06. The van der Waals surface area contributed by atoms with Gasteiger partial charge in [-0.25, -0.2) is 0 Å². The summed E-state index contributed by atoms with van der Waals surface area (Å²) in [6.07, 6.45) is 0.997. The van der Waals surface area contributed by atoms with Crippen LogP contribution in [0.5, 0.6) is 5.75 Å². The number of hydrogen-bond acceptors (Lipinski definition) is 3. The number of nitrogens with zero attached hydrogens (tertiary/aromatic N) is 1. The van der Waals surface area contributed by atoms with Crippen LogP contribution in [0.15, 0.2) is 18.2 Å². The summed E-state index contributed by atoms with van der Waals surface area (Å²) >= 11 is 0. The molecule has 0 saturated carbocycles. The second-order valence-corrected chi connectivity index (χ2v) is 3.83. The molecule has 0 fully saturated rings. The maximum Gasteiger partial charge on any atom is 0.120 e. The molecule has 2 rings (SSSR count). The number of nitrogens with two attached hydrogens (primary N) is 1. The van der Waals surface area contributed by atoms with E-state index < -0.39 is 0 Å². The largest absolute Gasteiger partial charge is 0.508 e. The molecule has 0 spiro atoms. The van der Waals surface area contributed by atoms with E-state index in [1.165, 1.54) is 5.56 Å². The summed E-state index contributed by atoms with van der Waals surface area (Å²) in [4.78, 5) is 2.20. The number of phenols is 1. The van der Waals surface area contributed by atoms with Gasteiger partial charge in [-0.3, -0.25) is 4.90 Å². The number of aromatic hydroxyl groups is 1. The van der Waals surface area contributed by atoms with Crippen molar-refractivity contribution in [2.45, 2.75) is 12.5 Å². The minimum atomic E-state index is 0.167. The van der Waals surface area contributed by atoms with Gasteiger partial charge in [0.25, 0.3) is 0 Å². The summed E-state index contributed by atoms with van der Waals surface area (Å²) in [5, 5.41) is 9.79. The normalized spacial score (nSPS) is 22.0. The number of phenolic OH excluding ortho intramolecular Hbond substituents is 1. The number of likely N-dealkylation sites (N-methyl/N-ethyl adjacent to an activating group) is 1. The highest BCUT2D eigenvalue weighted by molar-refractivity contribution is 5.43. The third kappa shape index (κ3) is 1.38. The summed E-state index contributed by atoms with van der Waals surface area (Å²) in [6, 6.07) is 5.87. The van der Waals surface area contributed by atoms with Crippen LogP contribution >= 0.6 is 0 Å². The molecule has 3 nitrogen and oxygen atoms in total. The molecule has 0 aliphatic carbocycles. The monoisotopic (exact) mass is 192 g/mol. The Morgan fingerprint density at radius 1 is 1.57 bits per heavy atom. The van der Waals surface area contributed by atoms with E-state index in [4.69, 9.17) is 5.73 Å². The van der Waals surface area contributed by atoms with E-state index in [2.05, 4.69) is 11.0 Å². The van der Waals surface area contributed by atoms with Crippen molar-refractivity contribution in [2.75, 3.05) is 20.1 Å². The third-order valence-electron chi connectivity index (χ3n) is 3.00. The molecular formula is C11H16N2O. The Balaban J connectivity index is 2.49. The number of fused-ring (bicyclic) bond motifs is 1. The van der Waals surface area contributed by atoms with Gasteiger partial charge in [0.05, 0.1) is 6.04 Å². The maximum absolute atomic E-state index is 9.79. The quantitative estimate of drug-likeness (QED) is 0.694. The fraction of sp³-hybridized carbons (Fsp3) is 0.455. The van der Waals surface area contributed by atoms with Crippen molar-refractivity contribution >= 4 is 0 Å². The summed E-state index contributed by atoms with van der Waals surface area (Å²) < 4.78 is 0. The minimum Gasteiger partial charge on any atom is -0.508 e. The van der Waals surface area contributed by atoms with E-state index in [9.17, 15) is 5.11 Å². The molecule has 14 heavy (non-hydrogen) atoms. The molecule has 1 unspecified atom stereocenters. The van der Waals surface area contributed by atoms with E-state index in [1.807, 2.05) is 13.1 Å². The Kier molecular flexibility index (Phi) is 2.44. The zero-order valence-electron chi connectivity index (χ0n) is 8.40. The highest BCUT2D eigenvalue weighted by Crippen LogP contribution is 2.34. The molecule has 0 aromatic heterocycles. The van der Waals surface area contributed by atoms with Crippen molar-refractivity contribution < 1.29 is 5.11 Å². The number of benzene rings is 1. The second-order valence-electron chi connectivity index (χ2n) is 3.83. The molecule has 0 bridgehead atoms. The topological polar surface area (TPSA) is 49.5 Å². The zero-order valence-corrected chi connectivity index (χ0v) is 8.40. The predicted octanol–water partition coefficient (Wildman–Crippen LogP) is 0.880. The lowest BCUT2D eigenvalue weighted by molar-refractivity contribution is 0.231. The Morgan fingerprint density at radius 3 is 3.07 bits per heavy atom. The molecule has 0 saturated heterocycles. The highest BCUT2D eigenvalue weighted by atomic mass is 16.3. The first kappa shape index (κ1) is 9.49. The van der Waals surface area contributed by atoms with Crippen LogP contribution in [0, 0.1) is 0 Å². The minimum absolute atomic E-state index is 0.167. The highest BCUT2D eigenvalue weighted by Gasteiger charge is 2.25. The second kappa shape index (κ2) is 3.59. The number of rotatable bonds is 1. The van der Waals surface area contributed by atoms with E-state index in [0.29, 0.717) is 12.3 Å². The van der Waals surface area contributed by atoms with Crippen molar-refractivity contribution in [3.8, 4) is 5.75 Å². The molecule has 1 heterocycles. The molecular weight excluding hydrogens is 176 g/mol. The molecule has 1 atom stereocenters. The predicted molar refractivity (Wildman–Crippen MR) is 56.2 cm³/mol. The van der Waals surface area contributed by atoms with Crippen LogP contribution in [-0.2, 0) is 6.42 Å². The van der Waals surface area contributed by atoms with Gasteiger partial charge in [-0.2, -0.15) is 0 Å². The summed E-state index contributed by atoms with van der Waals surface area (Å²) in [6.45, 7) is 1.57. The van der Waals surface area contributed by atoms with E-state index in [-0.39, 0.29) is 6.04 Å². The lowest BCUT2D eigenvalue weighted by Gasteiger charge is -2.34. The summed E-state index contributed by atoms with van der Waals surface area (Å²) in [5.74, 6) is 0.379. The van der Waals surface area contributed by atoms with Gasteiger partial charge in [0.15, 0.2) is 0 Å². The molecule has 1 aromatic carbocycles. The lowest BCUT2D eigenvalue weighted by Crippen LogP contribution is -2.36. The number of hydrogen-bond donors (Lipinski definition) is 2. The SMILES string of the molecule is CN1CCc2cccc(O)c2C1CN. The van der Waals surface area contributed by atoms with Crippen molar-refractivity contribution in [1.82, 2.24) is 4.90 Å². The van der Waals surface area contributed by atoms with Crippen LogP contribution in [0.4, 0.5) is 0 Å². The van der Waals surface area contributed by atoms with E-state index >= 15 is 0 Å². The molecule has 0 amide bonds. The first-order chi connectivity index (χ1) is 6.74. The zero-order chi connectivity index (χ0) is 10.1. The van der Waals surface area contributed by atoms with Crippen molar-refractivity contribution in [3.05, 3.63) is 29.3 Å². The van der Waals surface area contributed by atoms with E-state index in [1.54, 1.807) is 6.07 Å². The molecule has 76 valence electrons. The van der Waals surface area contributed by atoms with Crippen LogP contribution < -0.4 is 5.73 Å². The fourth-order valence-corrected chi connectivity index (χ4v) is 2.17. The average Bonchev–Trinajstić information content (AvgIpc) is 2.19. The lowest BCUT2D eigenvalue weighted by atomic mass is 9.92. The van der Waals surface area contributed by atoms with Crippen LogP contribution in [0.3, 0.4) is 0 Å². The Morgan fingerprint density at radius 2 is 2.36 bits per heavy atom. The van der Waals surface area contributed by atoms with Crippen molar-refractivity contribution in [2.24, 2.45) is 5.73 Å². The summed E-state index contributed by atoms with van der Waals surface area (Å²) in [5.41, 5.74) is 7.98.